The predicted molar refractivity (Wildman–Crippen MR) is 47.4 cm³/mol. The molecule has 0 amide bonds. The minimum Gasteiger partial charge on any atom is -0.368 e. The number of aromatic nitrogens is 3. The molecule has 1 aromatic heterocycles. The lowest BCUT2D eigenvalue weighted by Gasteiger charge is -2.14. The van der Waals surface area contributed by atoms with Crippen molar-refractivity contribution in [1.82, 2.24) is 14.8 Å². The monoisotopic (exact) mass is 169 g/mol. The van der Waals surface area contributed by atoms with E-state index in [1.165, 1.54) is 0 Å². The maximum Gasteiger partial charge on any atom is 0.218 e. The van der Waals surface area contributed by atoms with Crippen molar-refractivity contribution in [2.24, 2.45) is 12.8 Å². The molecule has 0 radical (unpaired) electrons. The SMILES string of the molecule is Cn1nc(CC(C)(C)N)nc1N. The van der Waals surface area contributed by atoms with Crippen LogP contribution >= 0.6 is 0 Å². The van der Waals surface area contributed by atoms with Gasteiger partial charge in [0.2, 0.25) is 5.95 Å². The molecule has 0 aromatic carbocycles. The predicted octanol–water partition coefficient (Wildman–Crippen LogP) is -0.323. The summed E-state index contributed by atoms with van der Waals surface area (Å²) in [5.74, 6) is 1.12. The number of nitrogen functional groups attached to an aromatic ring is 1. The summed E-state index contributed by atoms with van der Waals surface area (Å²) in [5, 5.41) is 4.10. The Kier molecular flexibility index (Phi) is 2.06. The first-order valence-electron chi connectivity index (χ1n) is 3.83. The van der Waals surface area contributed by atoms with Crippen molar-refractivity contribution in [3.63, 3.8) is 0 Å². The maximum atomic E-state index is 5.80. The summed E-state index contributed by atoms with van der Waals surface area (Å²) in [5.41, 5.74) is 11.0. The van der Waals surface area contributed by atoms with Crippen molar-refractivity contribution in [2.75, 3.05) is 5.73 Å². The van der Waals surface area contributed by atoms with Gasteiger partial charge in [-0.3, -0.25) is 0 Å². The van der Waals surface area contributed by atoms with E-state index in [1.54, 1.807) is 11.7 Å². The van der Waals surface area contributed by atoms with Crippen LogP contribution in [0.3, 0.4) is 0 Å². The maximum absolute atomic E-state index is 5.80. The Bertz CT molecular complexity index is 250. The molecule has 0 spiro atoms. The van der Waals surface area contributed by atoms with Gasteiger partial charge < -0.3 is 11.5 Å². The fourth-order valence-corrected chi connectivity index (χ4v) is 0.934. The lowest BCUT2D eigenvalue weighted by molar-refractivity contribution is 0.500. The lowest BCUT2D eigenvalue weighted by atomic mass is 10.0. The molecule has 5 nitrogen and oxygen atoms in total. The van der Waals surface area contributed by atoms with Crippen LogP contribution in [0.1, 0.15) is 19.7 Å². The zero-order valence-electron chi connectivity index (χ0n) is 7.70. The third-order valence-corrected chi connectivity index (χ3v) is 1.45. The van der Waals surface area contributed by atoms with Gasteiger partial charge in [-0.05, 0) is 13.8 Å². The third kappa shape index (κ3) is 2.20. The van der Waals surface area contributed by atoms with Crippen molar-refractivity contribution >= 4 is 5.95 Å². The molecule has 68 valence electrons. The van der Waals surface area contributed by atoms with E-state index in [1.807, 2.05) is 13.8 Å². The van der Waals surface area contributed by atoms with Gasteiger partial charge in [0.1, 0.15) is 0 Å². The molecule has 0 aliphatic heterocycles. The van der Waals surface area contributed by atoms with Crippen LogP contribution in [0.2, 0.25) is 0 Å². The second-order valence-electron chi connectivity index (χ2n) is 3.68. The van der Waals surface area contributed by atoms with E-state index < -0.39 is 0 Å². The zero-order valence-corrected chi connectivity index (χ0v) is 7.70. The van der Waals surface area contributed by atoms with Crippen LogP contribution in [0.5, 0.6) is 0 Å². The first-order valence-corrected chi connectivity index (χ1v) is 3.83. The number of hydrogen-bond donors (Lipinski definition) is 2. The summed E-state index contributed by atoms with van der Waals surface area (Å²) < 4.78 is 1.54. The smallest absolute Gasteiger partial charge is 0.218 e. The molecule has 1 rings (SSSR count). The highest BCUT2D eigenvalue weighted by Gasteiger charge is 2.15. The van der Waals surface area contributed by atoms with Crippen LogP contribution in [0.4, 0.5) is 5.95 Å². The van der Waals surface area contributed by atoms with Crippen LogP contribution in [0, 0.1) is 0 Å². The molecule has 0 unspecified atom stereocenters. The second-order valence-corrected chi connectivity index (χ2v) is 3.68. The topological polar surface area (TPSA) is 82.8 Å². The molecular formula is C7H15N5. The Morgan fingerprint density at radius 2 is 2.08 bits per heavy atom. The Morgan fingerprint density at radius 3 is 2.42 bits per heavy atom. The summed E-state index contributed by atoms with van der Waals surface area (Å²) in [6, 6.07) is 0. The van der Waals surface area contributed by atoms with E-state index >= 15 is 0 Å². The summed E-state index contributed by atoms with van der Waals surface area (Å²) in [4.78, 5) is 4.05. The second kappa shape index (κ2) is 2.75. The van der Waals surface area contributed by atoms with Gasteiger partial charge in [0.05, 0.1) is 0 Å². The third-order valence-electron chi connectivity index (χ3n) is 1.45. The summed E-state index contributed by atoms with van der Waals surface area (Å²) in [6.45, 7) is 3.86. The molecule has 12 heavy (non-hydrogen) atoms. The largest absolute Gasteiger partial charge is 0.368 e. The van der Waals surface area contributed by atoms with E-state index in [-0.39, 0.29) is 5.54 Å². The van der Waals surface area contributed by atoms with E-state index in [9.17, 15) is 0 Å². The molecule has 0 bridgehead atoms. The van der Waals surface area contributed by atoms with Crippen molar-refractivity contribution in [1.29, 1.82) is 0 Å². The molecule has 1 aromatic rings. The molecular weight excluding hydrogens is 154 g/mol. The molecule has 5 heteroatoms. The fraction of sp³-hybridized carbons (Fsp3) is 0.714. The average Bonchev–Trinajstić information content (AvgIpc) is 2.07. The molecule has 1 heterocycles. The quantitative estimate of drug-likeness (QED) is 0.635. The van der Waals surface area contributed by atoms with Crippen molar-refractivity contribution in [2.45, 2.75) is 25.8 Å². The molecule has 0 fully saturated rings. The number of nitrogens with two attached hydrogens (primary N) is 2. The van der Waals surface area contributed by atoms with Gasteiger partial charge in [0.25, 0.3) is 0 Å². The molecule has 0 atom stereocenters. The summed E-state index contributed by atoms with van der Waals surface area (Å²) in [6.07, 6.45) is 0.637. The first kappa shape index (κ1) is 8.99. The highest BCUT2D eigenvalue weighted by Crippen LogP contribution is 2.06. The lowest BCUT2D eigenvalue weighted by Crippen LogP contribution is -2.34. The van der Waals surface area contributed by atoms with Crippen LogP contribution in [0.25, 0.3) is 0 Å². The van der Waals surface area contributed by atoms with E-state index in [0.29, 0.717) is 18.2 Å². The van der Waals surface area contributed by atoms with Crippen LogP contribution in [0.15, 0.2) is 0 Å². The molecule has 0 aliphatic rings. The highest BCUT2D eigenvalue weighted by molar-refractivity contribution is 5.15. The average molecular weight is 169 g/mol. The van der Waals surface area contributed by atoms with Gasteiger partial charge in [-0.2, -0.15) is 10.1 Å². The standard InChI is InChI=1S/C7H15N5/c1-7(2,9)4-5-10-6(8)12(3)11-5/h4,9H2,1-3H3,(H2,8,10,11). The van der Waals surface area contributed by atoms with Crippen LogP contribution < -0.4 is 11.5 Å². The number of nitrogens with zero attached hydrogens (tertiary/aromatic N) is 3. The first-order chi connectivity index (χ1) is 5.38. The molecule has 0 saturated heterocycles. The Hall–Kier alpha value is -1.10. The minimum absolute atomic E-state index is 0.284. The number of anilines is 1. The van der Waals surface area contributed by atoms with Gasteiger partial charge in [0, 0.05) is 19.0 Å². The van der Waals surface area contributed by atoms with Crippen LogP contribution in [-0.2, 0) is 13.5 Å². The highest BCUT2D eigenvalue weighted by atomic mass is 15.4. The van der Waals surface area contributed by atoms with Crippen molar-refractivity contribution in [3.8, 4) is 0 Å². The number of aryl methyl sites for hydroxylation is 1. The van der Waals surface area contributed by atoms with Crippen molar-refractivity contribution in [3.05, 3.63) is 5.82 Å². The van der Waals surface area contributed by atoms with Crippen molar-refractivity contribution < 1.29 is 0 Å². The van der Waals surface area contributed by atoms with E-state index in [0.717, 1.165) is 0 Å². The summed E-state index contributed by atoms with van der Waals surface area (Å²) >= 11 is 0. The fourth-order valence-electron chi connectivity index (χ4n) is 0.934. The number of hydrogen-bond acceptors (Lipinski definition) is 4. The Morgan fingerprint density at radius 1 is 1.50 bits per heavy atom. The normalized spacial score (nSPS) is 12.0. The van der Waals surface area contributed by atoms with Crippen LogP contribution in [-0.4, -0.2) is 20.3 Å². The Labute approximate surface area is 71.8 Å². The van der Waals surface area contributed by atoms with E-state index in [2.05, 4.69) is 10.1 Å². The number of rotatable bonds is 2. The van der Waals surface area contributed by atoms with Gasteiger partial charge in [0.15, 0.2) is 5.82 Å². The minimum atomic E-state index is -0.284. The summed E-state index contributed by atoms with van der Waals surface area (Å²) in [7, 11) is 1.76. The van der Waals surface area contributed by atoms with Gasteiger partial charge >= 0.3 is 0 Å². The van der Waals surface area contributed by atoms with Gasteiger partial charge in [-0.25, -0.2) is 4.68 Å². The molecule has 0 aliphatic carbocycles. The van der Waals surface area contributed by atoms with Gasteiger partial charge in [-0.1, -0.05) is 0 Å². The van der Waals surface area contributed by atoms with Gasteiger partial charge in [-0.15, -0.1) is 0 Å². The Balaban J connectivity index is 2.77. The van der Waals surface area contributed by atoms with E-state index in [4.69, 9.17) is 11.5 Å². The zero-order chi connectivity index (χ0) is 9.35. The molecule has 4 N–H and O–H groups in total. The molecule has 0 saturated carbocycles.